The number of aromatic nitrogens is 2. The number of nitrogens with one attached hydrogen (secondary N) is 1. The third-order valence-electron chi connectivity index (χ3n) is 3.84. The smallest absolute Gasteiger partial charge is 0.260 e. The molecule has 6 nitrogen and oxygen atoms in total. The first-order chi connectivity index (χ1) is 10.1. The summed E-state index contributed by atoms with van der Waals surface area (Å²) in [5.41, 5.74) is 0.778. The molecule has 112 valence electrons. The highest BCUT2D eigenvalue weighted by atomic mass is 16.5. The van der Waals surface area contributed by atoms with Gasteiger partial charge in [-0.05, 0) is 50.1 Å². The van der Waals surface area contributed by atoms with E-state index in [-0.39, 0.29) is 5.89 Å². The van der Waals surface area contributed by atoms with Crippen molar-refractivity contribution in [2.45, 2.75) is 25.4 Å². The first-order valence-corrected chi connectivity index (χ1v) is 7.05. The van der Waals surface area contributed by atoms with E-state index in [0.29, 0.717) is 18.8 Å². The van der Waals surface area contributed by atoms with Crippen molar-refractivity contribution < 1.29 is 14.4 Å². The van der Waals surface area contributed by atoms with E-state index in [2.05, 4.69) is 15.5 Å². The Balaban J connectivity index is 1.89. The zero-order valence-corrected chi connectivity index (χ0v) is 12.2. The summed E-state index contributed by atoms with van der Waals surface area (Å²) in [4.78, 5) is 4.36. The minimum Gasteiger partial charge on any atom is -0.496 e. The van der Waals surface area contributed by atoms with Gasteiger partial charge in [0.2, 0.25) is 5.82 Å². The van der Waals surface area contributed by atoms with Crippen molar-refractivity contribution in [3.05, 3.63) is 29.7 Å². The van der Waals surface area contributed by atoms with Gasteiger partial charge in [-0.3, -0.25) is 0 Å². The Morgan fingerprint density at radius 3 is 2.95 bits per heavy atom. The van der Waals surface area contributed by atoms with Gasteiger partial charge < -0.3 is 19.7 Å². The largest absolute Gasteiger partial charge is 0.496 e. The van der Waals surface area contributed by atoms with Crippen LogP contribution in [0, 0.1) is 6.92 Å². The van der Waals surface area contributed by atoms with E-state index in [4.69, 9.17) is 9.26 Å². The molecule has 0 bridgehead atoms. The highest BCUT2D eigenvalue weighted by molar-refractivity contribution is 5.58. The predicted octanol–water partition coefficient (Wildman–Crippen LogP) is 1.62. The molecule has 1 aliphatic heterocycles. The molecule has 2 aromatic rings. The molecule has 0 amide bonds. The van der Waals surface area contributed by atoms with E-state index in [1.54, 1.807) is 7.11 Å². The lowest BCUT2D eigenvalue weighted by atomic mass is 9.94. The zero-order valence-electron chi connectivity index (χ0n) is 12.2. The Morgan fingerprint density at radius 1 is 1.43 bits per heavy atom. The molecule has 1 saturated heterocycles. The van der Waals surface area contributed by atoms with Gasteiger partial charge in [0.1, 0.15) is 5.75 Å². The number of methoxy groups -OCH3 is 1. The summed E-state index contributed by atoms with van der Waals surface area (Å²) in [5, 5.41) is 17.7. The molecule has 1 aromatic heterocycles. The Kier molecular flexibility index (Phi) is 3.65. The summed E-state index contributed by atoms with van der Waals surface area (Å²) in [6.07, 6.45) is 1.51. The maximum atomic E-state index is 10.6. The number of ether oxygens (including phenoxy) is 1. The summed E-state index contributed by atoms with van der Waals surface area (Å²) < 4.78 is 10.5. The molecular formula is C15H19N3O3. The van der Waals surface area contributed by atoms with Crippen molar-refractivity contribution in [2.24, 2.45) is 0 Å². The summed E-state index contributed by atoms with van der Waals surface area (Å²) in [6.45, 7) is 3.30. The van der Waals surface area contributed by atoms with Crippen molar-refractivity contribution in [1.29, 1.82) is 0 Å². The molecule has 2 N–H and O–H groups in total. The number of benzene rings is 1. The first-order valence-electron chi connectivity index (χ1n) is 7.05. The Bertz CT molecular complexity index is 633. The van der Waals surface area contributed by atoms with Crippen LogP contribution < -0.4 is 10.1 Å². The maximum absolute atomic E-state index is 10.6. The standard InChI is InChI=1S/C15H19N3O3/c1-10-8-11(4-5-12(10)20-2)13-17-14(21-18-13)15(19)6-3-7-16-9-15/h4-5,8,16,19H,3,6-7,9H2,1-2H3. The quantitative estimate of drug-likeness (QED) is 0.894. The predicted molar refractivity (Wildman–Crippen MR) is 77.0 cm³/mol. The fraction of sp³-hybridized carbons (Fsp3) is 0.467. The van der Waals surface area contributed by atoms with Gasteiger partial charge >= 0.3 is 0 Å². The van der Waals surface area contributed by atoms with Crippen LogP contribution in [0.1, 0.15) is 24.3 Å². The topological polar surface area (TPSA) is 80.4 Å². The van der Waals surface area contributed by atoms with E-state index in [1.165, 1.54) is 0 Å². The molecule has 0 radical (unpaired) electrons. The average molecular weight is 289 g/mol. The van der Waals surface area contributed by atoms with Crippen LogP contribution in [-0.4, -0.2) is 35.4 Å². The summed E-state index contributed by atoms with van der Waals surface area (Å²) in [5.74, 6) is 1.57. The average Bonchev–Trinajstić information content (AvgIpc) is 2.98. The molecule has 1 aliphatic rings. The summed E-state index contributed by atoms with van der Waals surface area (Å²) >= 11 is 0. The number of aliphatic hydroxyl groups is 1. The van der Waals surface area contributed by atoms with Gasteiger partial charge in [0.25, 0.3) is 5.89 Å². The van der Waals surface area contributed by atoms with Crippen LogP contribution >= 0.6 is 0 Å². The summed E-state index contributed by atoms with van der Waals surface area (Å²) in [7, 11) is 1.64. The van der Waals surface area contributed by atoms with Crippen molar-refractivity contribution in [3.8, 4) is 17.1 Å². The molecule has 1 fully saturated rings. The fourth-order valence-corrected chi connectivity index (χ4v) is 2.62. The second-order valence-corrected chi connectivity index (χ2v) is 5.42. The van der Waals surface area contributed by atoms with Gasteiger partial charge in [-0.15, -0.1) is 0 Å². The lowest BCUT2D eigenvalue weighted by molar-refractivity contribution is -0.0167. The van der Waals surface area contributed by atoms with Gasteiger partial charge in [-0.2, -0.15) is 4.98 Å². The number of rotatable bonds is 3. The lowest BCUT2D eigenvalue weighted by Gasteiger charge is -2.28. The van der Waals surface area contributed by atoms with E-state index in [1.807, 2.05) is 25.1 Å². The fourth-order valence-electron chi connectivity index (χ4n) is 2.62. The second-order valence-electron chi connectivity index (χ2n) is 5.42. The molecule has 0 saturated carbocycles. The first kappa shape index (κ1) is 14.0. The molecule has 1 atom stereocenters. The SMILES string of the molecule is COc1ccc(-c2noc(C3(O)CCCNC3)n2)cc1C. The Hall–Kier alpha value is -1.92. The maximum Gasteiger partial charge on any atom is 0.260 e. The van der Waals surface area contributed by atoms with Crippen molar-refractivity contribution >= 4 is 0 Å². The molecule has 0 aliphatic carbocycles. The highest BCUT2D eigenvalue weighted by Gasteiger charge is 2.37. The number of piperidine rings is 1. The van der Waals surface area contributed by atoms with Crippen LogP contribution in [0.25, 0.3) is 11.4 Å². The molecule has 2 heterocycles. The number of hydrogen-bond acceptors (Lipinski definition) is 6. The van der Waals surface area contributed by atoms with Crippen LogP contribution in [0.4, 0.5) is 0 Å². The van der Waals surface area contributed by atoms with E-state index < -0.39 is 5.60 Å². The monoisotopic (exact) mass is 289 g/mol. The van der Waals surface area contributed by atoms with Gasteiger partial charge in [0, 0.05) is 12.1 Å². The molecule has 6 heteroatoms. The van der Waals surface area contributed by atoms with Gasteiger partial charge in [-0.25, -0.2) is 0 Å². The van der Waals surface area contributed by atoms with Crippen molar-refractivity contribution in [2.75, 3.05) is 20.2 Å². The van der Waals surface area contributed by atoms with Gasteiger partial charge in [0.15, 0.2) is 5.60 Å². The molecule has 0 spiro atoms. The highest BCUT2D eigenvalue weighted by Crippen LogP contribution is 2.30. The second kappa shape index (κ2) is 5.46. The third kappa shape index (κ3) is 2.64. The Morgan fingerprint density at radius 2 is 2.29 bits per heavy atom. The minimum absolute atomic E-state index is 0.276. The number of hydrogen-bond donors (Lipinski definition) is 2. The molecule has 3 rings (SSSR count). The minimum atomic E-state index is -1.06. The molecule has 1 aromatic carbocycles. The van der Waals surface area contributed by atoms with Gasteiger partial charge in [-0.1, -0.05) is 5.16 Å². The third-order valence-corrected chi connectivity index (χ3v) is 3.84. The molecular weight excluding hydrogens is 270 g/mol. The van der Waals surface area contributed by atoms with Crippen LogP contribution in [-0.2, 0) is 5.60 Å². The van der Waals surface area contributed by atoms with E-state index in [9.17, 15) is 5.11 Å². The number of aryl methyl sites for hydroxylation is 1. The van der Waals surface area contributed by atoms with Crippen LogP contribution in [0.5, 0.6) is 5.75 Å². The number of β-amino-alcohol motifs (C(OH)–C–C–N with tert-alkyl or cyclic N) is 1. The summed E-state index contributed by atoms with van der Waals surface area (Å²) in [6, 6.07) is 5.69. The van der Waals surface area contributed by atoms with E-state index >= 15 is 0 Å². The van der Waals surface area contributed by atoms with Crippen LogP contribution in [0.2, 0.25) is 0 Å². The Labute approximate surface area is 123 Å². The lowest BCUT2D eigenvalue weighted by Crippen LogP contribution is -2.43. The van der Waals surface area contributed by atoms with Gasteiger partial charge in [0.05, 0.1) is 7.11 Å². The normalized spacial score (nSPS) is 22.2. The van der Waals surface area contributed by atoms with Crippen LogP contribution in [0.15, 0.2) is 22.7 Å². The van der Waals surface area contributed by atoms with E-state index in [0.717, 1.165) is 29.8 Å². The van der Waals surface area contributed by atoms with Crippen LogP contribution in [0.3, 0.4) is 0 Å². The number of nitrogens with zero attached hydrogens (tertiary/aromatic N) is 2. The van der Waals surface area contributed by atoms with Crippen molar-refractivity contribution in [3.63, 3.8) is 0 Å². The molecule has 1 unspecified atom stereocenters. The molecule has 21 heavy (non-hydrogen) atoms. The van der Waals surface area contributed by atoms with Crippen molar-refractivity contribution in [1.82, 2.24) is 15.5 Å². The zero-order chi connectivity index (χ0) is 14.9.